The third-order valence-electron chi connectivity index (χ3n) is 5.39. The number of para-hydroxylation sites is 1. The van der Waals surface area contributed by atoms with E-state index in [1.807, 2.05) is 74.2 Å². The van der Waals surface area contributed by atoms with Gasteiger partial charge in [0.15, 0.2) is 0 Å². The number of aromatic nitrogens is 2. The van der Waals surface area contributed by atoms with Gasteiger partial charge in [-0.2, -0.15) is 0 Å². The Morgan fingerprint density at radius 1 is 1.06 bits per heavy atom. The Kier molecular flexibility index (Phi) is 7.95. The summed E-state index contributed by atoms with van der Waals surface area (Å²) >= 11 is 0. The van der Waals surface area contributed by atoms with Gasteiger partial charge in [0, 0.05) is 13.1 Å². The molecule has 0 spiro atoms. The van der Waals surface area contributed by atoms with Crippen LogP contribution >= 0.6 is 0 Å². The monoisotopic (exact) mass is 421 g/mol. The predicted molar refractivity (Wildman–Crippen MR) is 123 cm³/mol. The second-order valence-electron chi connectivity index (χ2n) is 7.53. The van der Waals surface area contributed by atoms with Crippen LogP contribution in [0.15, 0.2) is 59.4 Å². The van der Waals surface area contributed by atoms with E-state index in [1.54, 1.807) is 10.6 Å². The summed E-state index contributed by atoms with van der Waals surface area (Å²) in [6.07, 6.45) is 1.47. The van der Waals surface area contributed by atoms with Crippen molar-refractivity contribution in [3.05, 3.63) is 76.3 Å². The molecule has 1 aromatic heterocycles. The number of benzene rings is 2. The minimum absolute atomic E-state index is 0.00463. The fourth-order valence-electron chi connectivity index (χ4n) is 3.90. The molecule has 3 rings (SSSR count). The van der Waals surface area contributed by atoms with Crippen molar-refractivity contribution in [3.8, 4) is 0 Å². The normalized spacial score (nSPS) is 12.1. The van der Waals surface area contributed by atoms with Crippen LogP contribution in [0.3, 0.4) is 0 Å². The van der Waals surface area contributed by atoms with Crippen LogP contribution < -0.4 is 5.56 Å². The lowest BCUT2D eigenvalue weighted by Crippen LogP contribution is -2.41. The van der Waals surface area contributed by atoms with Crippen LogP contribution in [0.4, 0.5) is 0 Å². The molecule has 1 unspecified atom stereocenters. The number of hydrogen-bond acceptors (Lipinski definition) is 4. The van der Waals surface area contributed by atoms with Crippen molar-refractivity contribution in [1.29, 1.82) is 0 Å². The van der Waals surface area contributed by atoms with E-state index in [-0.39, 0.29) is 24.1 Å². The highest BCUT2D eigenvalue weighted by atomic mass is 16.5. The number of nitrogens with zero attached hydrogens (tertiary/aromatic N) is 3. The average Bonchev–Trinajstić information content (AvgIpc) is 2.80. The minimum atomic E-state index is -0.287. The Morgan fingerprint density at radius 2 is 1.77 bits per heavy atom. The topological polar surface area (TPSA) is 64.4 Å². The number of ether oxygens (including phenoxy) is 1. The van der Waals surface area contributed by atoms with Crippen LogP contribution in [-0.2, 0) is 22.7 Å². The standard InChI is InChI=1S/C25H31N3O3/c1-4-16-28(23(29)18-31-17-19-12-8-7-9-13-19)22(5-2)24-26-21-15-11-10-14-20(21)25(30)27(24)6-3/h7-15,22H,4-6,16-18H2,1-3H3. The lowest BCUT2D eigenvalue weighted by atomic mass is 10.1. The maximum atomic E-state index is 13.1. The van der Waals surface area contributed by atoms with Crippen molar-refractivity contribution in [2.45, 2.75) is 52.8 Å². The molecule has 0 aliphatic carbocycles. The summed E-state index contributed by atoms with van der Waals surface area (Å²) in [6, 6.07) is 16.9. The molecule has 1 atom stereocenters. The van der Waals surface area contributed by atoms with Crippen LogP contribution in [0, 0.1) is 0 Å². The lowest BCUT2D eigenvalue weighted by molar-refractivity contribution is -0.139. The van der Waals surface area contributed by atoms with Crippen LogP contribution in [0.1, 0.15) is 51.0 Å². The molecule has 2 aromatic carbocycles. The molecule has 6 nitrogen and oxygen atoms in total. The number of carbonyl (C=O) groups excluding carboxylic acids is 1. The van der Waals surface area contributed by atoms with Crippen molar-refractivity contribution in [2.24, 2.45) is 0 Å². The summed E-state index contributed by atoms with van der Waals surface area (Å²) in [7, 11) is 0. The van der Waals surface area contributed by atoms with E-state index < -0.39 is 0 Å². The number of hydrogen-bond donors (Lipinski definition) is 0. The summed E-state index contributed by atoms with van der Waals surface area (Å²) in [5, 5.41) is 0.600. The van der Waals surface area contributed by atoms with Gasteiger partial charge in [-0.25, -0.2) is 4.98 Å². The SMILES string of the molecule is CCCN(C(=O)COCc1ccccc1)C(CC)c1nc2ccccc2c(=O)n1CC. The van der Waals surface area contributed by atoms with E-state index in [2.05, 4.69) is 0 Å². The molecule has 0 saturated heterocycles. The number of fused-ring (bicyclic) bond motifs is 1. The van der Waals surface area contributed by atoms with E-state index in [1.165, 1.54) is 0 Å². The van der Waals surface area contributed by atoms with E-state index >= 15 is 0 Å². The highest BCUT2D eigenvalue weighted by molar-refractivity contribution is 5.79. The Hall–Kier alpha value is -2.99. The summed E-state index contributed by atoms with van der Waals surface area (Å²) in [4.78, 5) is 32.8. The first-order chi connectivity index (χ1) is 15.1. The van der Waals surface area contributed by atoms with Crippen LogP contribution in [0.5, 0.6) is 0 Å². The fraction of sp³-hybridized carbons (Fsp3) is 0.400. The minimum Gasteiger partial charge on any atom is -0.367 e. The van der Waals surface area contributed by atoms with E-state index in [0.717, 1.165) is 12.0 Å². The first-order valence-electron chi connectivity index (χ1n) is 11.0. The Balaban J connectivity index is 1.88. The molecule has 31 heavy (non-hydrogen) atoms. The molecular formula is C25H31N3O3. The molecule has 6 heteroatoms. The first kappa shape index (κ1) is 22.7. The third kappa shape index (κ3) is 5.20. The van der Waals surface area contributed by atoms with Crippen molar-refractivity contribution < 1.29 is 9.53 Å². The van der Waals surface area contributed by atoms with Crippen molar-refractivity contribution in [2.75, 3.05) is 13.2 Å². The zero-order chi connectivity index (χ0) is 22.2. The number of rotatable bonds is 10. The predicted octanol–water partition coefficient (Wildman–Crippen LogP) is 4.32. The highest BCUT2D eigenvalue weighted by Crippen LogP contribution is 2.24. The molecule has 0 bridgehead atoms. The van der Waals surface area contributed by atoms with Gasteiger partial charge in [0.2, 0.25) is 5.91 Å². The van der Waals surface area contributed by atoms with Gasteiger partial charge in [-0.1, -0.05) is 56.3 Å². The summed E-state index contributed by atoms with van der Waals surface area (Å²) in [5.41, 5.74) is 1.63. The third-order valence-corrected chi connectivity index (χ3v) is 5.39. The zero-order valence-corrected chi connectivity index (χ0v) is 18.6. The van der Waals surface area contributed by atoms with Gasteiger partial charge in [-0.3, -0.25) is 14.2 Å². The van der Waals surface area contributed by atoms with Gasteiger partial charge >= 0.3 is 0 Å². The molecular weight excluding hydrogens is 390 g/mol. The molecule has 1 heterocycles. The van der Waals surface area contributed by atoms with Gasteiger partial charge in [0.25, 0.3) is 5.56 Å². The van der Waals surface area contributed by atoms with Crippen LogP contribution in [0.25, 0.3) is 10.9 Å². The molecule has 0 aliphatic heterocycles. The summed E-state index contributed by atoms with van der Waals surface area (Å²) in [5.74, 6) is 0.549. The van der Waals surface area contributed by atoms with Crippen molar-refractivity contribution in [3.63, 3.8) is 0 Å². The van der Waals surface area contributed by atoms with Gasteiger partial charge in [-0.05, 0) is 37.5 Å². The summed E-state index contributed by atoms with van der Waals surface area (Å²) < 4.78 is 7.40. The van der Waals surface area contributed by atoms with Crippen LogP contribution in [-0.4, -0.2) is 33.5 Å². The van der Waals surface area contributed by atoms with Crippen molar-refractivity contribution >= 4 is 16.8 Å². The van der Waals surface area contributed by atoms with E-state index in [0.29, 0.717) is 42.8 Å². The van der Waals surface area contributed by atoms with Gasteiger partial charge in [0.05, 0.1) is 23.6 Å². The van der Waals surface area contributed by atoms with E-state index in [9.17, 15) is 9.59 Å². The van der Waals surface area contributed by atoms with Gasteiger partial charge < -0.3 is 9.64 Å². The fourth-order valence-corrected chi connectivity index (χ4v) is 3.90. The quantitative estimate of drug-likeness (QED) is 0.489. The Labute approximate surface area is 183 Å². The smallest absolute Gasteiger partial charge is 0.261 e. The zero-order valence-electron chi connectivity index (χ0n) is 18.6. The Bertz CT molecular complexity index is 1060. The molecule has 1 amide bonds. The average molecular weight is 422 g/mol. The molecule has 164 valence electrons. The van der Waals surface area contributed by atoms with Gasteiger partial charge in [0.1, 0.15) is 12.4 Å². The van der Waals surface area contributed by atoms with Crippen molar-refractivity contribution in [1.82, 2.24) is 14.5 Å². The number of carbonyl (C=O) groups is 1. The van der Waals surface area contributed by atoms with Crippen LogP contribution in [0.2, 0.25) is 0 Å². The lowest BCUT2D eigenvalue weighted by Gasteiger charge is -2.32. The van der Waals surface area contributed by atoms with E-state index in [4.69, 9.17) is 9.72 Å². The maximum Gasteiger partial charge on any atom is 0.261 e. The second kappa shape index (κ2) is 10.9. The summed E-state index contributed by atoms with van der Waals surface area (Å²) in [6.45, 7) is 7.46. The first-order valence-corrected chi connectivity index (χ1v) is 11.0. The van der Waals surface area contributed by atoms with Gasteiger partial charge in [-0.15, -0.1) is 0 Å². The molecule has 0 N–H and O–H groups in total. The highest BCUT2D eigenvalue weighted by Gasteiger charge is 2.27. The maximum absolute atomic E-state index is 13.1. The largest absolute Gasteiger partial charge is 0.367 e. The molecule has 3 aromatic rings. The Morgan fingerprint density at radius 3 is 2.45 bits per heavy atom. The molecule has 0 fully saturated rings. The molecule has 0 aliphatic rings. The number of amides is 1. The molecule has 0 saturated carbocycles. The molecule has 0 radical (unpaired) electrons. The second-order valence-corrected chi connectivity index (χ2v) is 7.53.